The van der Waals surface area contributed by atoms with Crippen LogP contribution in [0.5, 0.6) is 0 Å². The van der Waals surface area contributed by atoms with E-state index in [9.17, 15) is 4.79 Å². The Labute approximate surface area is 138 Å². The molecule has 0 heterocycles. The highest BCUT2D eigenvalue weighted by molar-refractivity contribution is 9.10. The van der Waals surface area contributed by atoms with Crippen molar-refractivity contribution in [2.75, 3.05) is 13.3 Å². The Morgan fingerprint density at radius 2 is 1.86 bits per heavy atom. The summed E-state index contributed by atoms with van der Waals surface area (Å²) in [5.41, 5.74) is 2.86. The predicted octanol–water partition coefficient (Wildman–Crippen LogP) is 4.75. The highest BCUT2D eigenvalue weighted by Crippen LogP contribution is 2.21. The molecule has 0 unspecified atom stereocenters. The molecule has 0 radical (unpaired) electrons. The Morgan fingerprint density at radius 1 is 1.19 bits per heavy atom. The second-order valence-corrected chi connectivity index (χ2v) is 6.66. The monoisotopic (exact) mass is 363 g/mol. The van der Waals surface area contributed by atoms with Gasteiger partial charge in [0.1, 0.15) is 0 Å². The third-order valence-electron chi connectivity index (χ3n) is 3.42. The van der Waals surface area contributed by atoms with E-state index in [0.29, 0.717) is 6.54 Å². The third-order valence-corrected chi connectivity index (χ3v) is 5.03. The number of rotatable bonds is 4. The van der Waals surface area contributed by atoms with Crippen molar-refractivity contribution in [3.63, 3.8) is 0 Å². The Bertz CT molecular complexity index is 640. The van der Waals surface area contributed by atoms with Gasteiger partial charge in [-0.25, -0.2) is 0 Å². The molecule has 0 atom stereocenters. The molecule has 110 valence electrons. The lowest BCUT2D eigenvalue weighted by Gasteiger charge is -2.19. The molecule has 0 saturated heterocycles. The summed E-state index contributed by atoms with van der Waals surface area (Å²) in [7, 11) is 1.84. The number of thioether (sulfide) groups is 1. The van der Waals surface area contributed by atoms with Crippen molar-refractivity contribution in [2.45, 2.75) is 18.4 Å². The van der Waals surface area contributed by atoms with Gasteiger partial charge in [0.2, 0.25) is 0 Å². The number of carbonyl (C=O) groups excluding carboxylic acids is 1. The summed E-state index contributed by atoms with van der Waals surface area (Å²) in [6, 6.07) is 14.0. The smallest absolute Gasteiger partial charge is 0.254 e. The number of hydrogen-bond donors (Lipinski definition) is 0. The predicted molar refractivity (Wildman–Crippen MR) is 92.9 cm³/mol. The van der Waals surface area contributed by atoms with Gasteiger partial charge in [-0.3, -0.25) is 4.79 Å². The van der Waals surface area contributed by atoms with Crippen LogP contribution in [0.25, 0.3) is 0 Å². The van der Waals surface area contributed by atoms with Crippen molar-refractivity contribution in [3.05, 3.63) is 63.6 Å². The van der Waals surface area contributed by atoms with E-state index >= 15 is 0 Å². The van der Waals surface area contributed by atoms with E-state index in [-0.39, 0.29) is 5.91 Å². The SMILES string of the molecule is CSc1ccc(CN(C)C(=O)c2cccc(Br)c2C)cc1. The number of benzene rings is 2. The van der Waals surface area contributed by atoms with Crippen LogP contribution in [0.2, 0.25) is 0 Å². The number of halogens is 1. The molecule has 21 heavy (non-hydrogen) atoms. The Balaban J connectivity index is 2.13. The summed E-state index contributed by atoms with van der Waals surface area (Å²) >= 11 is 5.19. The summed E-state index contributed by atoms with van der Waals surface area (Å²) in [5, 5.41) is 0. The van der Waals surface area contributed by atoms with E-state index in [2.05, 4.69) is 46.5 Å². The first kappa shape index (κ1) is 16.1. The summed E-state index contributed by atoms with van der Waals surface area (Å²) in [6.07, 6.45) is 2.06. The van der Waals surface area contributed by atoms with Crippen molar-refractivity contribution in [1.82, 2.24) is 4.90 Å². The first-order chi connectivity index (χ1) is 10.0. The van der Waals surface area contributed by atoms with Crippen LogP contribution in [-0.4, -0.2) is 24.1 Å². The largest absolute Gasteiger partial charge is 0.337 e. The normalized spacial score (nSPS) is 10.5. The van der Waals surface area contributed by atoms with Gasteiger partial charge < -0.3 is 4.90 Å². The molecule has 2 aromatic carbocycles. The molecule has 4 heteroatoms. The molecule has 0 N–H and O–H groups in total. The molecule has 0 aromatic heterocycles. The fraction of sp³-hybridized carbons (Fsp3) is 0.235. The topological polar surface area (TPSA) is 20.3 Å². The first-order valence-electron chi connectivity index (χ1n) is 6.66. The molecular formula is C17H18BrNOS. The third kappa shape index (κ3) is 3.89. The maximum Gasteiger partial charge on any atom is 0.254 e. The van der Waals surface area contributed by atoms with Gasteiger partial charge >= 0.3 is 0 Å². The van der Waals surface area contributed by atoms with Crippen LogP contribution < -0.4 is 0 Å². The Kier molecular flexibility index (Phi) is 5.48. The lowest BCUT2D eigenvalue weighted by molar-refractivity contribution is 0.0784. The molecule has 2 rings (SSSR count). The van der Waals surface area contributed by atoms with Crippen LogP contribution >= 0.6 is 27.7 Å². The van der Waals surface area contributed by atoms with Crippen LogP contribution in [0.3, 0.4) is 0 Å². The maximum absolute atomic E-state index is 12.5. The van der Waals surface area contributed by atoms with E-state index in [1.165, 1.54) is 4.90 Å². The zero-order valence-electron chi connectivity index (χ0n) is 12.4. The van der Waals surface area contributed by atoms with Crippen molar-refractivity contribution in [2.24, 2.45) is 0 Å². The van der Waals surface area contributed by atoms with Gasteiger partial charge in [0, 0.05) is 28.5 Å². The number of carbonyl (C=O) groups is 1. The quantitative estimate of drug-likeness (QED) is 0.730. The lowest BCUT2D eigenvalue weighted by Crippen LogP contribution is -2.26. The van der Waals surface area contributed by atoms with Crippen molar-refractivity contribution in [3.8, 4) is 0 Å². The summed E-state index contributed by atoms with van der Waals surface area (Å²) in [5.74, 6) is 0.0442. The van der Waals surface area contributed by atoms with E-state index in [4.69, 9.17) is 0 Å². The molecule has 0 spiro atoms. The average molecular weight is 364 g/mol. The highest BCUT2D eigenvalue weighted by atomic mass is 79.9. The first-order valence-corrected chi connectivity index (χ1v) is 8.68. The van der Waals surface area contributed by atoms with Gasteiger partial charge in [-0.2, -0.15) is 0 Å². The number of nitrogens with zero attached hydrogens (tertiary/aromatic N) is 1. The summed E-state index contributed by atoms with van der Waals surface area (Å²) in [6.45, 7) is 2.57. The lowest BCUT2D eigenvalue weighted by atomic mass is 10.1. The van der Waals surface area contributed by atoms with Crippen molar-refractivity contribution < 1.29 is 4.79 Å². The molecule has 0 fully saturated rings. The minimum atomic E-state index is 0.0442. The van der Waals surface area contributed by atoms with Gasteiger partial charge in [0.05, 0.1) is 0 Å². The minimum Gasteiger partial charge on any atom is -0.337 e. The van der Waals surface area contributed by atoms with E-state index in [0.717, 1.165) is 21.2 Å². The van der Waals surface area contributed by atoms with Crippen molar-refractivity contribution >= 4 is 33.6 Å². The number of hydrogen-bond acceptors (Lipinski definition) is 2. The number of amides is 1. The second-order valence-electron chi connectivity index (χ2n) is 4.92. The second kappa shape index (κ2) is 7.14. The van der Waals surface area contributed by atoms with Crippen LogP contribution in [0.4, 0.5) is 0 Å². The molecule has 2 aromatic rings. The van der Waals surface area contributed by atoms with E-state index in [1.807, 2.05) is 32.2 Å². The average Bonchev–Trinajstić information content (AvgIpc) is 2.50. The molecular weight excluding hydrogens is 346 g/mol. The maximum atomic E-state index is 12.5. The van der Waals surface area contributed by atoms with Crippen LogP contribution in [0.15, 0.2) is 51.8 Å². The van der Waals surface area contributed by atoms with Crippen LogP contribution in [0, 0.1) is 6.92 Å². The zero-order chi connectivity index (χ0) is 15.4. The van der Waals surface area contributed by atoms with E-state index < -0.39 is 0 Å². The Hall–Kier alpha value is -1.26. The molecule has 1 amide bonds. The summed E-state index contributed by atoms with van der Waals surface area (Å²) < 4.78 is 0.964. The molecule has 0 aliphatic carbocycles. The van der Waals surface area contributed by atoms with Crippen molar-refractivity contribution in [1.29, 1.82) is 0 Å². The molecule has 0 aliphatic rings. The Morgan fingerprint density at radius 3 is 2.48 bits per heavy atom. The summed E-state index contributed by atoms with van der Waals surface area (Å²) in [4.78, 5) is 15.5. The van der Waals surface area contributed by atoms with Gasteiger partial charge in [-0.1, -0.05) is 34.1 Å². The molecule has 2 nitrogen and oxygen atoms in total. The fourth-order valence-electron chi connectivity index (χ4n) is 2.12. The molecule has 0 aliphatic heterocycles. The highest BCUT2D eigenvalue weighted by Gasteiger charge is 2.15. The molecule has 0 bridgehead atoms. The molecule has 0 saturated carbocycles. The van der Waals surface area contributed by atoms with Crippen LogP contribution in [0.1, 0.15) is 21.5 Å². The van der Waals surface area contributed by atoms with Gasteiger partial charge in [-0.05, 0) is 48.6 Å². The zero-order valence-corrected chi connectivity index (χ0v) is 14.8. The van der Waals surface area contributed by atoms with Gasteiger partial charge in [0.15, 0.2) is 0 Å². The minimum absolute atomic E-state index is 0.0442. The van der Waals surface area contributed by atoms with E-state index in [1.54, 1.807) is 16.7 Å². The standard InChI is InChI=1S/C17H18BrNOS/c1-12-15(5-4-6-16(12)18)17(20)19(2)11-13-7-9-14(21-3)10-8-13/h4-10H,11H2,1-3H3. The fourth-order valence-corrected chi connectivity index (χ4v) is 2.90. The van der Waals surface area contributed by atoms with Gasteiger partial charge in [0.25, 0.3) is 5.91 Å². The van der Waals surface area contributed by atoms with Gasteiger partial charge in [-0.15, -0.1) is 11.8 Å². The van der Waals surface area contributed by atoms with Crippen LogP contribution in [-0.2, 0) is 6.54 Å².